The Morgan fingerprint density at radius 2 is 1.96 bits per heavy atom. The van der Waals surface area contributed by atoms with Gasteiger partial charge in [-0.05, 0) is 37.3 Å². The van der Waals surface area contributed by atoms with Crippen LogP contribution in [-0.2, 0) is 6.54 Å². The van der Waals surface area contributed by atoms with E-state index in [0.29, 0.717) is 18.1 Å². The standard InChI is InChI=1S/C21H28N4O3/c26-20(18-7-2-1-3-8-18)25-12-9-17(10-13-25)6-4-5-11-23-21(27)24-15-19-14-22-16-28-19/h1-3,7-8,14,16-17H,4-6,9-13,15H2,(H2,23,24,27)/i11D2. The zero-order valence-electron chi connectivity index (χ0n) is 17.9. The second-order valence-electron chi connectivity index (χ2n) is 6.95. The van der Waals surface area contributed by atoms with Crippen molar-refractivity contribution in [3.05, 3.63) is 54.2 Å². The van der Waals surface area contributed by atoms with E-state index in [1.165, 1.54) is 12.6 Å². The Hall–Kier alpha value is -2.83. The van der Waals surface area contributed by atoms with Crippen LogP contribution in [0.2, 0.25) is 0 Å². The number of piperidine rings is 1. The molecule has 0 atom stereocenters. The Balaban J connectivity index is 1.33. The molecule has 1 saturated heterocycles. The first kappa shape index (κ1) is 17.3. The van der Waals surface area contributed by atoms with Crippen LogP contribution in [0, 0.1) is 5.92 Å². The van der Waals surface area contributed by atoms with Gasteiger partial charge in [-0.1, -0.05) is 31.0 Å². The predicted octanol–water partition coefficient (Wildman–Crippen LogP) is 3.20. The molecule has 1 aliphatic heterocycles. The molecule has 1 aromatic heterocycles. The number of rotatable bonds is 8. The van der Waals surface area contributed by atoms with Crippen molar-refractivity contribution < 1.29 is 16.7 Å². The molecule has 0 spiro atoms. The van der Waals surface area contributed by atoms with Crippen molar-refractivity contribution in [2.45, 2.75) is 38.6 Å². The minimum Gasteiger partial charge on any atom is -0.447 e. The van der Waals surface area contributed by atoms with Crippen LogP contribution < -0.4 is 10.6 Å². The highest BCUT2D eigenvalue weighted by Crippen LogP contribution is 2.23. The van der Waals surface area contributed by atoms with Crippen molar-refractivity contribution in [3.8, 4) is 0 Å². The third kappa shape index (κ3) is 6.11. The minimum absolute atomic E-state index is 0.0749. The quantitative estimate of drug-likeness (QED) is 0.729. The summed E-state index contributed by atoms with van der Waals surface area (Å²) in [6.07, 6.45) is 6.41. The molecule has 0 bridgehead atoms. The fourth-order valence-corrected chi connectivity index (χ4v) is 3.35. The number of amides is 3. The number of carbonyl (C=O) groups is 2. The molecule has 1 aromatic carbocycles. The van der Waals surface area contributed by atoms with Gasteiger partial charge in [0.1, 0.15) is 5.76 Å². The van der Waals surface area contributed by atoms with Gasteiger partial charge in [0.15, 0.2) is 6.39 Å². The van der Waals surface area contributed by atoms with Crippen LogP contribution in [0.4, 0.5) is 4.79 Å². The molecule has 0 saturated carbocycles. The molecule has 2 aromatic rings. The largest absolute Gasteiger partial charge is 0.447 e. The van der Waals surface area contributed by atoms with Gasteiger partial charge in [-0.15, -0.1) is 0 Å². The van der Waals surface area contributed by atoms with E-state index >= 15 is 0 Å². The first-order chi connectivity index (χ1) is 14.4. The van der Waals surface area contributed by atoms with Crippen molar-refractivity contribution in [2.75, 3.05) is 19.6 Å². The van der Waals surface area contributed by atoms with Crippen molar-refractivity contribution in [1.82, 2.24) is 20.5 Å². The maximum atomic E-state index is 12.5. The lowest BCUT2D eigenvalue weighted by Crippen LogP contribution is -2.38. The van der Waals surface area contributed by atoms with E-state index in [1.54, 1.807) is 0 Å². The van der Waals surface area contributed by atoms with Crippen LogP contribution in [0.5, 0.6) is 0 Å². The van der Waals surface area contributed by atoms with E-state index in [4.69, 9.17) is 7.16 Å². The summed E-state index contributed by atoms with van der Waals surface area (Å²) in [7, 11) is 0. The minimum atomic E-state index is -1.78. The van der Waals surface area contributed by atoms with Crippen LogP contribution in [0.25, 0.3) is 0 Å². The first-order valence-corrected chi connectivity index (χ1v) is 9.71. The summed E-state index contributed by atoms with van der Waals surface area (Å²) < 4.78 is 21.1. The fourth-order valence-electron chi connectivity index (χ4n) is 3.35. The number of benzene rings is 1. The van der Waals surface area contributed by atoms with Crippen molar-refractivity contribution in [2.24, 2.45) is 5.92 Å². The Kier molecular flexibility index (Phi) is 6.47. The number of oxazole rings is 1. The third-order valence-corrected chi connectivity index (χ3v) is 4.95. The summed E-state index contributed by atoms with van der Waals surface area (Å²) in [6.45, 7) is -0.168. The highest BCUT2D eigenvalue weighted by molar-refractivity contribution is 5.94. The number of hydrogen-bond donors (Lipinski definition) is 2. The monoisotopic (exact) mass is 386 g/mol. The molecule has 28 heavy (non-hydrogen) atoms. The molecule has 0 radical (unpaired) electrons. The molecule has 0 unspecified atom stereocenters. The van der Waals surface area contributed by atoms with E-state index in [0.717, 1.165) is 37.9 Å². The summed E-state index contributed by atoms with van der Waals surface area (Å²) in [5, 5.41) is 4.91. The van der Waals surface area contributed by atoms with Gasteiger partial charge >= 0.3 is 6.03 Å². The van der Waals surface area contributed by atoms with E-state index in [2.05, 4.69) is 15.6 Å². The Morgan fingerprint density at radius 3 is 2.68 bits per heavy atom. The van der Waals surface area contributed by atoms with Gasteiger partial charge in [0.25, 0.3) is 5.91 Å². The van der Waals surface area contributed by atoms with Crippen molar-refractivity contribution in [3.63, 3.8) is 0 Å². The number of likely N-dealkylation sites (tertiary alicyclic amines) is 1. The molecule has 1 fully saturated rings. The number of aromatic nitrogens is 1. The zero-order valence-corrected chi connectivity index (χ0v) is 15.9. The lowest BCUT2D eigenvalue weighted by atomic mass is 9.91. The summed E-state index contributed by atoms with van der Waals surface area (Å²) in [5.74, 6) is 1.05. The van der Waals surface area contributed by atoms with Crippen molar-refractivity contribution >= 4 is 11.9 Å². The van der Waals surface area contributed by atoms with E-state index < -0.39 is 12.5 Å². The average Bonchev–Trinajstić information content (AvgIpc) is 3.26. The van der Waals surface area contributed by atoms with Crippen LogP contribution in [0.3, 0.4) is 0 Å². The normalized spacial score (nSPS) is 16.2. The van der Waals surface area contributed by atoms with Crippen molar-refractivity contribution in [1.29, 1.82) is 0 Å². The second-order valence-corrected chi connectivity index (χ2v) is 6.95. The van der Waals surface area contributed by atoms with Gasteiger partial charge in [-0.2, -0.15) is 0 Å². The topological polar surface area (TPSA) is 87.5 Å². The van der Waals surface area contributed by atoms with Gasteiger partial charge in [-0.3, -0.25) is 4.79 Å². The van der Waals surface area contributed by atoms with Crippen LogP contribution in [-0.4, -0.2) is 41.4 Å². The highest BCUT2D eigenvalue weighted by atomic mass is 16.3. The summed E-state index contributed by atoms with van der Waals surface area (Å²) in [5.41, 5.74) is 0.719. The Bertz CT molecular complexity index is 807. The Labute approximate surface area is 168 Å². The second kappa shape index (κ2) is 10.5. The summed E-state index contributed by atoms with van der Waals surface area (Å²) >= 11 is 0. The third-order valence-electron chi connectivity index (χ3n) is 4.95. The average molecular weight is 386 g/mol. The SMILES string of the molecule is [2H]C([2H])(CCCC1CCN(C(=O)c2ccccc2)CC1)NC(=O)NCc1cnco1. The predicted molar refractivity (Wildman–Crippen MR) is 106 cm³/mol. The van der Waals surface area contributed by atoms with Crippen LogP contribution in [0.15, 0.2) is 47.3 Å². The lowest BCUT2D eigenvalue weighted by molar-refractivity contribution is 0.0686. The molecule has 7 heteroatoms. The van der Waals surface area contributed by atoms with E-state index in [-0.39, 0.29) is 18.9 Å². The molecular formula is C21H28N4O3. The molecule has 2 heterocycles. The first-order valence-electron chi connectivity index (χ1n) is 10.7. The van der Waals surface area contributed by atoms with Gasteiger partial charge in [-0.25, -0.2) is 9.78 Å². The Morgan fingerprint density at radius 1 is 1.18 bits per heavy atom. The number of carbonyl (C=O) groups excluding carboxylic acids is 2. The zero-order chi connectivity index (χ0) is 21.4. The molecule has 3 rings (SSSR count). The summed E-state index contributed by atoms with van der Waals surface area (Å²) in [4.78, 5) is 30.0. The molecular weight excluding hydrogens is 356 g/mol. The highest BCUT2D eigenvalue weighted by Gasteiger charge is 2.23. The lowest BCUT2D eigenvalue weighted by Gasteiger charge is -2.32. The van der Waals surface area contributed by atoms with Gasteiger partial charge in [0.2, 0.25) is 0 Å². The maximum absolute atomic E-state index is 12.5. The molecule has 3 amide bonds. The molecule has 2 N–H and O–H groups in total. The van der Waals surface area contributed by atoms with E-state index in [9.17, 15) is 9.59 Å². The number of nitrogens with zero attached hydrogens (tertiary/aromatic N) is 2. The maximum Gasteiger partial charge on any atom is 0.315 e. The fraction of sp³-hybridized carbons (Fsp3) is 0.476. The number of hydrogen-bond acceptors (Lipinski definition) is 4. The van der Waals surface area contributed by atoms with Crippen LogP contribution >= 0.6 is 0 Å². The van der Waals surface area contributed by atoms with Gasteiger partial charge in [0.05, 0.1) is 12.7 Å². The van der Waals surface area contributed by atoms with Gasteiger partial charge in [0, 0.05) is 27.9 Å². The number of nitrogens with one attached hydrogen (secondary N) is 2. The summed E-state index contributed by atoms with van der Waals surface area (Å²) in [6, 6.07) is 8.74. The molecule has 150 valence electrons. The smallest absolute Gasteiger partial charge is 0.315 e. The molecule has 0 aliphatic carbocycles. The number of urea groups is 1. The molecule has 7 nitrogen and oxygen atoms in total. The van der Waals surface area contributed by atoms with Gasteiger partial charge < -0.3 is 20.0 Å². The van der Waals surface area contributed by atoms with Crippen LogP contribution in [0.1, 0.15) is 51.0 Å². The molecule has 1 aliphatic rings. The van der Waals surface area contributed by atoms with E-state index in [1.807, 2.05) is 35.2 Å².